The first-order valence-electron chi connectivity index (χ1n) is 5.65. The maximum absolute atomic E-state index is 11.4. The molecule has 0 spiro atoms. The van der Waals surface area contributed by atoms with Gasteiger partial charge >= 0.3 is 5.97 Å². The van der Waals surface area contributed by atoms with Crippen LogP contribution in [0.2, 0.25) is 0 Å². The first kappa shape index (κ1) is 14.2. The van der Waals surface area contributed by atoms with Gasteiger partial charge in [0.15, 0.2) is 9.84 Å². The normalized spacial score (nSPS) is 13.1. The van der Waals surface area contributed by atoms with Gasteiger partial charge in [-0.25, -0.2) is 13.2 Å². The first-order valence-corrected chi connectivity index (χ1v) is 7.61. The van der Waals surface area contributed by atoms with Crippen molar-refractivity contribution >= 4 is 15.8 Å². The number of benzene rings is 1. The Labute approximate surface area is 115 Å². The van der Waals surface area contributed by atoms with Crippen molar-refractivity contribution < 1.29 is 22.7 Å². The van der Waals surface area contributed by atoms with Gasteiger partial charge in [0, 0.05) is 6.26 Å². The summed E-state index contributed by atoms with van der Waals surface area (Å²) < 4.78 is 28.1. The van der Waals surface area contributed by atoms with Gasteiger partial charge in [-0.05, 0) is 19.1 Å². The molecule has 106 valence electrons. The Balaban J connectivity index is 2.47. The minimum absolute atomic E-state index is 0.00899. The zero-order valence-corrected chi connectivity index (χ0v) is 11.6. The molecule has 1 unspecified atom stereocenters. The minimum Gasteiger partial charge on any atom is -0.478 e. The fraction of sp³-hybridized carbons (Fsp3) is 0.250. The fourth-order valence-corrected chi connectivity index (χ4v) is 2.01. The maximum Gasteiger partial charge on any atom is 0.336 e. The summed E-state index contributed by atoms with van der Waals surface area (Å²) in [5.74, 6) is -1.22. The number of carbonyl (C=O) groups is 1. The van der Waals surface area contributed by atoms with Gasteiger partial charge in [-0.3, -0.25) is 0 Å². The van der Waals surface area contributed by atoms with Gasteiger partial charge in [0.25, 0.3) is 0 Å². The molecule has 0 fully saturated rings. The standard InChI is InChI=1S/C12H12N2O5S/c1-7(20(2,17)18)10-13-14-11(19-10)8-5-3-4-6-9(8)12(15)16/h3-7H,1-2H3,(H,15,16). The van der Waals surface area contributed by atoms with E-state index >= 15 is 0 Å². The zero-order valence-electron chi connectivity index (χ0n) is 10.8. The fourth-order valence-electron chi connectivity index (χ4n) is 1.55. The van der Waals surface area contributed by atoms with Crippen molar-refractivity contribution in [2.75, 3.05) is 6.26 Å². The zero-order chi connectivity index (χ0) is 14.9. The topological polar surface area (TPSA) is 110 Å². The van der Waals surface area contributed by atoms with Crippen LogP contribution in [0.15, 0.2) is 28.7 Å². The molecule has 0 saturated heterocycles. The van der Waals surface area contributed by atoms with Crippen LogP contribution in [0, 0.1) is 0 Å². The highest BCUT2D eigenvalue weighted by molar-refractivity contribution is 7.90. The van der Waals surface area contributed by atoms with Crippen LogP contribution < -0.4 is 0 Å². The molecule has 1 aromatic carbocycles. The lowest BCUT2D eigenvalue weighted by atomic mass is 10.1. The second kappa shape index (κ2) is 5.04. The molecule has 1 aromatic heterocycles. The molecule has 0 bridgehead atoms. The molecule has 2 aromatic rings. The molecule has 8 heteroatoms. The lowest BCUT2D eigenvalue weighted by Gasteiger charge is -2.03. The van der Waals surface area contributed by atoms with Gasteiger partial charge in [-0.1, -0.05) is 12.1 Å². The van der Waals surface area contributed by atoms with Crippen molar-refractivity contribution in [1.29, 1.82) is 0 Å². The van der Waals surface area contributed by atoms with Gasteiger partial charge in [-0.15, -0.1) is 10.2 Å². The number of rotatable bonds is 4. The van der Waals surface area contributed by atoms with Crippen LogP contribution in [0.5, 0.6) is 0 Å². The molecule has 0 radical (unpaired) electrons. The summed E-state index contributed by atoms with van der Waals surface area (Å²) in [6, 6.07) is 6.13. The van der Waals surface area contributed by atoms with Gasteiger partial charge in [0.05, 0.1) is 11.1 Å². The van der Waals surface area contributed by atoms with Gasteiger partial charge in [-0.2, -0.15) is 0 Å². The Bertz CT molecular complexity index is 751. The second-order valence-electron chi connectivity index (χ2n) is 4.27. The van der Waals surface area contributed by atoms with Crippen LogP contribution in [0.3, 0.4) is 0 Å². The van der Waals surface area contributed by atoms with E-state index in [0.717, 1.165) is 6.26 Å². The maximum atomic E-state index is 11.4. The minimum atomic E-state index is -3.36. The average Bonchev–Trinajstić information content (AvgIpc) is 2.86. The van der Waals surface area contributed by atoms with Crippen molar-refractivity contribution in [1.82, 2.24) is 10.2 Å². The monoisotopic (exact) mass is 296 g/mol. The molecule has 0 amide bonds. The molecule has 0 saturated carbocycles. The van der Waals surface area contributed by atoms with E-state index in [1.165, 1.54) is 19.1 Å². The molecule has 20 heavy (non-hydrogen) atoms. The molecule has 0 aliphatic carbocycles. The number of hydrogen-bond acceptors (Lipinski definition) is 6. The third-order valence-electron chi connectivity index (χ3n) is 2.82. The van der Waals surface area contributed by atoms with Crippen molar-refractivity contribution in [2.24, 2.45) is 0 Å². The molecule has 0 aliphatic rings. The number of nitrogens with zero attached hydrogens (tertiary/aromatic N) is 2. The third kappa shape index (κ3) is 2.69. The SMILES string of the molecule is CC(c1nnc(-c2ccccc2C(=O)O)o1)S(C)(=O)=O. The van der Waals surface area contributed by atoms with E-state index in [1.54, 1.807) is 12.1 Å². The number of carboxylic acids is 1. The van der Waals surface area contributed by atoms with Crippen molar-refractivity contribution in [3.8, 4) is 11.5 Å². The Morgan fingerprint density at radius 1 is 1.30 bits per heavy atom. The van der Waals surface area contributed by atoms with E-state index in [-0.39, 0.29) is 22.9 Å². The Morgan fingerprint density at radius 3 is 2.55 bits per heavy atom. The van der Waals surface area contributed by atoms with E-state index < -0.39 is 21.1 Å². The molecule has 1 atom stereocenters. The van der Waals surface area contributed by atoms with Crippen LogP contribution in [0.25, 0.3) is 11.5 Å². The summed E-state index contributed by atoms with van der Waals surface area (Å²) in [5, 5.41) is 15.5. The molecular weight excluding hydrogens is 284 g/mol. The van der Waals surface area contributed by atoms with E-state index in [9.17, 15) is 13.2 Å². The molecule has 1 heterocycles. The molecular formula is C12H12N2O5S. The molecule has 2 rings (SSSR count). The summed E-state index contributed by atoms with van der Waals surface area (Å²) in [6.07, 6.45) is 1.06. The predicted molar refractivity (Wildman–Crippen MR) is 70.0 cm³/mol. The average molecular weight is 296 g/mol. The van der Waals surface area contributed by atoms with Crippen LogP contribution in [0.4, 0.5) is 0 Å². The quantitative estimate of drug-likeness (QED) is 0.910. The number of carboxylic acid groups (broad SMARTS) is 1. The largest absolute Gasteiger partial charge is 0.478 e. The second-order valence-corrected chi connectivity index (χ2v) is 6.63. The summed E-state index contributed by atoms with van der Waals surface area (Å²) in [6.45, 7) is 1.43. The highest BCUT2D eigenvalue weighted by Crippen LogP contribution is 2.26. The Morgan fingerprint density at radius 2 is 1.95 bits per heavy atom. The highest BCUT2D eigenvalue weighted by Gasteiger charge is 2.25. The van der Waals surface area contributed by atoms with Crippen molar-refractivity contribution in [3.63, 3.8) is 0 Å². The Hall–Kier alpha value is -2.22. The van der Waals surface area contributed by atoms with E-state index in [0.29, 0.717) is 0 Å². The van der Waals surface area contributed by atoms with Crippen LogP contribution in [-0.2, 0) is 9.84 Å². The van der Waals surface area contributed by atoms with Crippen molar-refractivity contribution in [2.45, 2.75) is 12.2 Å². The van der Waals surface area contributed by atoms with Crippen molar-refractivity contribution in [3.05, 3.63) is 35.7 Å². The van der Waals surface area contributed by atoms with Gasteiger partial charge in [0.2, 0.25) is 11.8 Å². The summed E-state index contributed by atoms with van der Waals surface area (Å²) in [5.41, 5.74) is 0.258. The Kier molecular flexibility index (Phi) is 3.58. The van der Waals surface area contributed by atoms with Crippen LogP contribution >= 0.6 is 0 Å². The number of hydrogen-bond donors (Lipinski definition) is 1. The molecule has 7 nitrogen and oxygen atoms in total. The van der Waals surface area contributed by atoms with E-state index in [2.05, 4.69) is 10.2 Å². The highest BCUT2D eigenvalue weighted by atomic mass is 32.2. The predicted octanol–water partition coefficient (Wildman–Crippen LogP) is 1.54. The van der Waals surface area contributed by atoms with E-state index in [1.807, 2.05) is 0 Å². The third-order valence-corrected chi connectivity index (χ3v) is 4.30. The molecule has 1 N–H and O–H groups in total. The smallest absolute Gasteiger partial charge is 0.336 e. The number of sulfone groups is 1. The lowest BCUT2D eigenvalue weighted by Crippen LogP contribution is -2.07. The lowest BCUT2D eigenvalue weighted by molar-refractivity contribution is 0.0697. The van der Waals surface area contributed by atoms with E-state index in [4.69, 9.17) is 9.52 Å². The number of aromatic nitrogens is 2. The summed E-state index contributed by atoms with van der Waals surface area (Å²) >= 11 is 0. The summed E-state index contributed by atoms with van der Waals surface area (Å²) in [4.78, 5) is 11.1. The number of aromatic carboxylic acids is 1. The van der Waals surface area contributed by atoms with Crippen LogP contribution in [-0.4, -0.2) is 35.9 Å². The first-order chi connectivity index (χ1) is 9.30. The summed E-state index contributed by atoms with van der Waals surface area (Å²) in [7, 11) is -3.36. The molecule has 0 aliphatic heterocycles. The van der Waals surface area contributed by atoms with Crippen LogP contribution in [0.1, 0.15) is 28.4 Å². The van der Waals surface area contributed by atoms with Gasteiger partial charge in [0.1, 0.15) is 5.25 Å². The van der Waals surface area contributed by atoms with Gasteiger partial charge < -0.3 is 9.52 Å².